The Labute approximate surface area is 191 Å². The maximum Gasteiger partial charge on any atom is 0.416 e. The number of para-hydroxylation sites is 1. The van der Waals surface area contributed by atoms with Crippen LogP contribution in [0.2, 0.25) is 0 Å². The fourth-order valence-corrected chi connectivity index (χ4v) is 4.00. The average molecular weight is 457 g/mol. The van der Waals surface area contributed by atoms with E-state index >= 15 is 0 Å². The number of anilines is 2. The number of aromatic nitrogens is 1. The fourth-order valence-electron chi connectivity index (χ4n) is 4.00. The van der Waals surface area contributed by atoms with Gasteiger partial charge in [-0.2, -0.15) is 13.2 Å². The molecule has 0 radical (unpaired) electrons. The van der Waals surface area contributed by atoms with Crippen LogP contribution >= 0.6 is 0 Å². The van der Waals surface area contributed by atoms with E-state index < -0.39 is 11.7 Å². The van der Waals surface area contributed by atoms with E-state index in [0.717, 1.165) is 17.0 Å². The topological polar surface area (TPSA) is 39.7 Å². The highest BCUT2D eigenvalue weighted by atomic mass is 19.4. The van der Waals surface area contributed by atoms with Crippen LogP contribution in [0.4, 0.5) is 24.7 Å². The van der Waals surface area contributed by atoms with Gasteiger partial charge >= 0.3 is 6.18 Å². The van der Waals surface area contributed by atoms with Gasteiger partial charge in [0.1, 0.15) is 5.82 Å². The van der Waals surface area contributed by atoms with Crippen LogP contribution in [0, 0.1) is 0 Å². The molecule has 0 bridgehead atoms. The number of alkyl halides is 3. The third-order valence-electron chi connectivity index (χ3n) is 6.17. The van der Waals surface area contributed by atoms with Crippen LogP contribution in [0.1, 0.15) is 29.8 Å². The summed E-state index contributed by atoms with van der Waals surface area (Å²) < 4.78 is 39.3. The molecule has 174 valence electrons. The lowest BCUT2D eigenvalue weighted by molar-refractivity contribution is -0.137. The lowest BCUT2D eigenvalue weighted by Gasteiger charge is -2.37. The first-order valence-electron chi connectivity index (χ1n) is 11.0. The van der Waals surface area contributed by atoms with Crippen molar-refractivity contribution >= 4 is 28.3 Å². The molecule has 2 heterocycles. The van der Waals surface area contributed by atoms with E-state index in [1.807, 2.05) is 49.1 Å². The lowest BCUT2D eigenvalue weighted by atomic mass is 10.1. The van der Waals surface area contributed by atoms with Crippen molar-refractivity contribution in [3.8, 4) is 0 Å². The maximum absolute atomic E-state index is 13.2. The summed E-state index contributed by atoms with van der Waals surface area (Å²) in [4.78, 5) is 23.7. The average Bonchev–Trinajstić information content (AvgIpc) is 2.82. The monoisotopic (exact) mass is 456 g/mol. The van der Waals surface area contributed by atoms with E-state index in [9.17, 15) is 18.0 Å². The molecule has 0 spiro atoms. The van der Waals surface area contributed by atoms with E-state index in [0.29, 0.717) is 43.2 Å². The maximum atomic E-state index is 13.2. The zero-order chi connectivity index (χ0) is 23.8. The number of nitrogens with zero attached hydrogens (tertiary/aromatic N) is 4. The summed E-state index contributed by atoms with van der Waals surface area (Å²) >= 11 is 0. The number of carbonyl (C=O) groups is 1. The predicted octanol–water partition coefficient (Wildman–Crippen LogP) is 5.06. The number of amides is 1. The zero-order valence-electron chi connectivity index (χ0n) is 18.9. The SMILES string of the molecule is CC(C)N(C)C(=O)c1cc(N2CCN(c3cccc(C(F)(F)F)c3)CC2)nc2ccccc12. The molecule has 0 unspecified atom stereocenters. The van der Waals surface area contributed by atoms with Crippen molar-refractivity contribution in [3.63, 3.8) is 0 Å². The quantitative estimate of drug-likeness (QED) is 0.550. The summed E-state index contributed by atoms with van der Waals surface area (Å²) in [6, 6.07) is 14.9. The Bertz CT molecular complexity index is 1150. The van der Waals surface area contributed by atoms with Crippen LogP contribution in [-0.4, -0.2) is 55.1 Å². The third-order valence-corrected chi connectivity index (χ3v) is 6.17. The zero-order valence-corrected chi connectivity index (χ0v) is 18.9. The standard InChI is InChI=1S/C25H27F3N4O/c1-17(2)30(3)24(33)21-16-23(29-22-10-5-4-9-20(21)22)32-13-11-31(12-14-32)19-8-6-7-18(15-19)25(26,27)28/h4-10,15-17H,11-14H2,1-3H3. The molecule has 1 amide bonds. The van der Waals surface area contributed by atoms with Crippen molar-refractivity contribution < 1.29 is 18.0 Å². The van der Waals surface area contributed by atoms with Crippen LogP contribution in [0.5, 0.6) is 0 Å². The van der Waals surface area contributed by atoms with E-state index in [1.165, 1.54) is 12.1 Å². The van der Waals surface area contributed by atoms with E-state index in [1.54, 1.807) is 18.0 Å². The molecule has 0 N–H and O–H groups in total. The summed E-state index contributed by atoms with van der Waals surface area (Å²) in [5, 5.41) is 0.807. The summed E-state index contributed by atoms with van der Waals surface area (Å²) in [6.45, 7) is 6.24. The second-order valence-corrected chi connectivity index (χ2v) is 8.58. The van der Waals surface area contributed by atoms with Gasteiger partial charge in [-0.1, -0.05) is 24.3 Å². The highest BCUT2D eigenvalue weighted by Crippen LogP contribution is 2.32. The normalized spacial score (nSPS) is 14.8. The third kappa shape index (κ3) is 4.74. The van der Waals surface area contributed by atoms with Gasteiger partial charge in [0.05, 0.1) is 16.6 Å². The van der Waals surface area contributed by atoms with Gasteiger partial charge in [0.15, 0.2) is 0 Å². The number of rotatable bonds is 4. The van der Waals surface area contributed by atoms with Crippen LogP contribution in [-0.2, 0) is 6.18 Å². The molecule has 5 nitrogen and oxygen atoms in total. The number of fused-ring (bicyclic) bond motifs is 1. The number of hydrogen-bond donors (Lipinski definition) is 0. The number of piperazine rings is 1. The smallest absolute Gasteiger partial charge is 0.368 e. The molecular formula is C25H27F3N4O. The summed E-state index contributed by atoms with van der Waals surface area (Å²) in [5.74, 6) is 0.644. The van der Waals surface area contributed by atoms with Gasteiger partial charge in [-0.05, 0) is 44.2 Å². The van der Waals surface area contributed by atoms with Crippen LogP contribution in [0.3, 0.4) is 0 Å². The molecule has 0 saturated carbocycles. The Morgan fingerprint density at radius 2 is 1.64 bits per heavy atom. The molecule has 1 fully saturated rings. The first-order valence-corrected chi connectivity index (χ1v) is 11.0. The number of benzene rings is 2. The van der Waals surface area contributed by atoms with Crippen molar-refractivity contribution in [1.29, 1.82) is 0 Å². The Hall–Kier alpha value is -3.29. The molecule has 4 rings (SSSR count). The van der Waals surface area contributed by atoms with Crippen molar-refractivity contribution in [1.82, 2.24) is 9.88 Å². The number of carbonyl (C=O) groups excluding carboxylic acids is 1. The minimum absolute atomic E-state index is 0.0592. The van der Waals surface area contributed by atoms with Gasteiger partial charge in [0, 0.05) is 50.3 Å². The number of hydrogen-bond acceptors (Lipinski definition) is 4. The van der Waals surface area contributed by atoms with Gasteiger partial charge in [0.25, 0.3) is 5.91 Å². The van der Waals surface area contributed by atoms with Crippen LogP contribution in [0.25, 0.3) is 10.9 Å². The minimum atomic E-state index is -4.36. The molecule has 1 aromatic heterocycles. The van der Waals surface area contributed by atoms with E-state index in [-0.39, 0.29) is 11.9 Å². The Balaban J connectivity index is 1.58. The second-order valence-electron chi connectivity index (χ2n) is 8.58. The molecule has 2 aromatic carbocycles. The number of pyridine rings is 1. The molecule has 0 atom stereocenters. The molecule has 1 aliphatic rings. The van der Waals surface area contributed by atoms with Crippen LogP contribution in [0.15, 0.2) is 54.6 Å². The molecule has 1 saturated heterocycles. The molecule has 8 heteroatoms. The first-order chi connectivity index (χ1) is 15.6. The molecule has 1 aliphatic heterocycles. The Morgan fingerprint density at radius 1 is 0.970 bits per heavy atom. The van der Waals surface area contributed by atoms with Gasteiger partial charge in [0.2, 0.25) is 0 Å². The lowest BCUT2D eigenvalue weighted by Crippen LogP contribution is -2.47. The summed E-state index contributed by atoms with van der Waals surface area (Å²) in [7, 11) is 1.79. The Kier molecular flexibility index (Phi) is 6.19. The number of halogens is 3. The fraction of sp³-hybridized carbons (Fsp3) is 0.360. The molecule has 33 heavy (non-hydrogen) atoms. The largest absolute Gasteiger partial charge is 0.416 e. The van der Waals surface area contributed by atoms with Crippen molar-refractivity contribution in [3.05, 3.63) is 65.7 Å². The second kappa shape index (κ2) is 8.92. The van der Waals surface area contributed by atoms with Gasteiger partial charge in [-0.25, -0.2) is 4.98 Å². The highest BCUT2D eigenvalue weighted by molar-refractivity contribution is 6.07. The van der Waals surface area contributed by atoms with Crippen molar-refractivity contribution in [2.75, 3.05) is 43.0 Å². The summed E-state index contributed by atoms with van der Waals surface area (Å²) in [6.07, 6.45) is -4.36. The van der Waals surface area contributed by atoms with Gasteiger partial charge < -0.3 is 14.7 Å². The predicted molar refractivity (Wildman–Crippen MR) is 125 cm³/mol. The molecule has 3 aromatic rings. The molecule has 0 aliphatic carbocycles. The molecular weight excluding hydrogens is 429 g/mol. The van der Waals surface area contributed by atoms with Crippen molar-refractivity contribution in [2.45, 2.75) is 26.1 Å². The van der Waals surface area contributed by atoms with E-state index in [4.69, 9.17) is 4.98 Å². The highest BCUT2D eigenvalue weighted by Gasteiger charge is 2.31. The first kappa shape index (κ1) is 22.9. The van der Waals surface area contributed by atoms with Gasteiger partial charge in [-0.15, -0.1) is 0 Å². The van der Waals surface area contributed by atoms with Crippen LogP contribution < -0.4 is 9.80 Å². The Morgan fingerprint density at radius 3 is 2.30 bits per heavy atom. The van der Waals surface area contributed by atoms with Gasteiger partial charge in [-0.3, -0.25) is 4.79 Å². The van der Waals surface area contributed by atoms with Crippen molar-refractivity contribution in [2.24, 2.45) is 0 Å². The summed E-state index contributed by atoms with van der Waals surface area (Å²) in [5.41, 5.74) is 1.27. The minimum Gasteiger partial charge on any atom is -0.368 e. The van der Waals surface area contributed by atoms with E-state index in [2.05, 4.69) is 4.90 Å².